The molecule has 0 aliphatic carbocycles. The van der Waals surface area contributed by atoms with Crippen molar-refractivity contribution in [1.29, 1.82) is 0 Å². The van der Waals surface area contributed by atoms with E-state index in [1.54, 1.807) is 0 Å². The van der Waals surface area contributed by atoms with Crippen LogP contribution in [-0.2, 0) is 4.74 Å². The summed E-state index contributed by atoms with van der Waals surface area (Å²) in [4.78, 5) is 0. The maximum Gasteiger partial charge on any atom is 0.0812 e. The molecule has 0 spiro atoms. The van der Waals surface area contributed by atoms with Gasteiger partial charge >= 0.3 is 0 Å². The van der Waals surface area contributed by atoms with E-state index >= 15 is 0 Å². The van der Waals surface area contributed by atoms with Crippen LogP contribution in [-0.4, -0.2) is 24.4 Å². The first-order valence-corrected chi connectivity index (χ1v) is 4.49. The lowest BCUT2D eigenvalue weighted by Crippen LogP contribution is -2.19. The van der Waals surface area contributed by atoms with Crippen molar-refractivity contribution >= 4 is 0 Å². The van der Waals surface area contributed by atoms with Crippen LogP contribution in [0.1, 0.15) is 33.1 Å². The minimum Gasteiger partial charge on any atom is -0.394 e. The fourth-order valence-electron chi connectivity index (χ4n) is 1.76. The van der Waals surface area contributed by atoms with E-state index in [0.29, 0.717) is 5.41 Å². The summed E-state index contributed by atoms with van der Waals surface area (Å²) in [6.07, 6.45) is 3.48. The molecule has 0 aromatic carbocycles. The lowest BCUT2D eigenvalue weighted by molar-refractivity contribution is 0.0520. The van der Waals surface area contributed by atoms with Crippen molar-refractivity contribution in [2.24, 2.45) is 5.41 Å². The van der Waals surface area contributed by atoms with Gasteiger partial charge in [0.05, 0.1) is 19.3 Å². The molecule has 1 rings (SSSR count). The van der Waals surface area contributed by atoms with Crippen LogP contribution in [0, 0.1) is 5.41 Å². The number of rotatable bonds is 3. The predicted molar refractivity (Wildman–Crippen MR) is 44.5 cm³/mol. The molecule has 1 fully saturated rings. The monoisotopic (exact) mass is 158 g/mol. The zero-order valence-electron chi connectivity index (χ0n) is 7.47. The van der Waals surface area contributed by atoms with Gasteiger partial charge in [0.2, 0.25) is 0 Å². The van der Waals surface area contributed by atoms with Crippen LogP contribution in [0.4, 0.5) is 0 Å². The molecule has 1 N–H and O–H groups in total. The van der Waals surface area contributed by atoms with Crippen LogP contribution in [0.2, 0.25) is 0 Å². The third kappa shape index (κ3) is 1.74. The molecule has 1 aliphatic rings. The fourth-order valence-corrected chi connectivity index (χ4v) is 1.76. The summed E-state index contributed by atoms with van der Waals surface area (Å²) in [5.41, 5.74) is 0.368. The van der Waals surface area contributed by atoms with Crippen LogP contribution in [0.5, 0.6) is 0 Å². The maximum absolute atomic E-state index is 8.86. The summed E-state index contributed by atoms with van der Waals surface area (Å²) < 4.78 is 5.45. The van der Waals surface area contributed by atoms with Gasteiger partial charge in [-0.2, -0.15) is 0 Å². The van der Waals surface area contributed by atoms with E-state index in [-0.39, 0.29) is 12.7 Å². The Morgan fingerprint density at radius 2 is 2.09 bits per heavy atom. The van der Waals surface area contributed by atoms with Crippen molar-refractivity contribution in [2.75, 3.05) is 13.2 Å². The molecule has 1 heterocycles. The highest BCUT2D eigenvalue weighted by Crippen LogP contribution is 2.38. The van der Waals surface area contributed by atoms with E-state index in [4.69, 9.17) is 9.84 Å². The highest BCUT2D eigenvalue weighted by atomic mass is 16.5. The molecule has 2 heteroatoms. The highest BCUT2D eigenvalue weighted by molar-refractivity contribution is 4.85. The summed E-state index contributed by atoms with van der Waals surface area (Å²) in [5.74, 6) is 0. The van der Waals surface area contributed by atoms with Gasteiger partial charge in [-0.25, -0.2) is 0 Å². The molecular formula is C9H18O2. The van der Waals surface area contributed by atoms with E-state index in [0.717, 1.165) is 13.0 Å². The SMILES string of the molecule is CCC1(CC)COC(CO)C1. The Kier molecular flexibility index (Phi) is 2.90. The normalized spacial score (nSPS) is 29.2. The number of hydrogen-bond donors (Lipinski definition) is 1. The summed E-state index contributed by atoms with van der Waals surface area (Å²) >= 11 is 0. The Morgan fingerprint density at radius 3 is 2.36 bits per heavy atom. The lowest BCUT2D eigenvalue weighted by atomic mass is 9.80. The third-order valence-electron chi connectivity index (χ3n) is 2.99. The molecule has 1 unspecified atom stereocenters. The second-order valence-electron chi connectivity index (χ2n) is 3.53. The molecule has 11 heavy (non-hydrogen) atoms. The molecule has 2 nitrogen and oxygen atoms in total. The van der Waals surface area contributed by atoms with Crippen LogP contribution < -0.4 is 0 Å². The smallest absolute Gasteiger partial charge is 0.0812 e. The lowest BCUT2D eigenvalue weighted by Gasteiger charge is -2.23. The maximum atomic E-state index is 8.86. The van der Waals surface area contributed by atoms with Gasteiger partial charge in [0.1, 0.15) is 0 Å². The summed E-state index contributed by atoms with van der Waals surface area (Å²) in [6, 6.07) is 0. The Bertz CT molecular complexity index is 119. The molecule has 0 radical (unpaired) electrons. The van der Waals surface area contributed by atoms with E-state index in [9.17, 15) is 0 Å². The Balaban J connectivity index is 2.48. The van der Waals surface area contributed by atoms with Gasteiger partial charge in [-0.3, -0.25) is 0 Å². The molecule has 1 saturated heterocycles. The van der Waals surface area contributed by atoms with Crippen LogP contribution in [0.15, 0.2) is 0 Å². The Hall–Kier alpha value is -0.0800. The number of aliphatic hydroxyl groups is 1. The van der Waals surface area contributed by atoms with Gasteiger partial charge in [-0.15, -0.1) is 0 Å². The number of aliphatic hydroxyl groups excluding tert-OH is 1. The number of hydrogen-bond acceptors (Lipinski definition) is 2. The average Bonchev–Trinajstić information content (AvgIpc) is 2.49. The van der Waals surface area contributed by atoms with Gasteiger partial charge < -0.3 is 9.84 Å². The fraction of sp³-hybridized carbons (Fsp3) is 1.00. The van der Waals surface area contributed by atoms with Crippen LogP contribution in [0.25, 0.3) is 0 Å². The van der Waals surface area contributed by atoms with Gasteiger partial charge in [0.25, 0.3) is 0 Å². The molecule has 1 atom stereocenters. The van der Waals surface area contributed by atoms with E-state index in [2.05, 4.69) is 13.8 Å². The standard InChI is InChI=1S/C9H18O2/c1-3-9(4-2)5-8(6-10)11-7-9/h8,10H,3-7H2,1-2H3. The zero-order chi connectivity index (χ0) is 8.32. The molecule has 0 aromatic rings. The summed E-state index contributed by atoms with van der Waals surface area (Å²) in [6.45, 7) is 5.42. The third-order valence-corrected chi connectivity index (χ3v) is 2.99. The van der Waals surface area contributed by atoms with Crippen molar-refractivity contribution in [2.45, 2.75) is 39.2 Å². The molecule has 0 amide bonds. The Morgan fingerprint density at radius 1 is 1.45 bits per heavy atom. The molecular weight excluding hydrogens is 140 g/mol. The van der Waals surface area contributed by atoms with E-state index in [1.165, 1.54) is 12.8 Å². The zero-order valence-corrected chi connectivity index (χ0v) is 7.47. The largest absolute Gasteiger partial charge is 0.394 e. The first-order valence-electron chi connectivity index (χ1n) is 4.49. The summed E-state index contributed by atoms with van der Waals surface area (Å²) in [7, 11) is 0. The topological polar surface area (TPSA) is 29.5 Å². The average molecular weight is 158 g/mol. The number of ether oxygens (including phenoxy) is 1. The molecule has 66 valence electrons. The van der Waals surface area contributed by atoms with Crippen LogP contribution >= 0.6 is 0 Å². The van der Waals surface area contributed by atoms with Crippen molar-refractivity contribution in [3.8, 4) is 0 Å². The minimum atomic E-state index is 0.106. The summed E-state index contributed by atoms with van der Waals surface area (Å²) in [5, 5.41) is 8.86. The van der Waals surface area contributed by atoms with Gasteiger partial charge in [-0.05, 0) is 24.7 Å². The molecule has 0 bridgehead atoms. The van der Waals surface area contributed by atoms with E-state index in [1.807, 2.05) is 0 Å². The minimum absolute atomic E-state index is 0.106. The van der Waals surface area contributed by atoms with Gasteiger partial charge in [0.15, 0.2) is 0 Å². The second-order valence-corrected chi connectivity index (χ2v) is 3.53. The van der Waals surface area contributed by atoms with Crippen molar-refractivity contribution in [3.05, 3.63) is 0 Å². The van der Waals surface area contributed by atoms with Crippen molar-refractivity contribution < 1.29 is 9.84 Å². The molecule has 1 aliphatic heterocycles. The second kappa shape index (κ2) is 3.55. The molecule has 0 aromatic heterocycles. The van der Waals surface area contributed by atoms with Crippen LogP contribution in [0.3, 0.4) is 0 Å². The van der Waals surface area contributed by atoms with Crippen molar-refractivity contribution in [3.63, 3.8) is 0 Å². The first-order chi connectivity index (χ1) is 5.26. The van der Waals surface area contributed by atoms with Gasteiger partial charge in [-0.1, -0.05) is 13.8 Å². The Labute approximate surface area is 68.6 Å². The first kappa shape index (κ1) is 9.01. The molecule has 0 saturated carbocycles. The quantitative estimate of drug-likeness (QED) is 0.675. The highest BCUT2D eigenvalue weighted by Gasteiger charge is 2.36. The predicted octanol–water partition coefficient (Wildman–Crippen LogP) is 1.57. The van der Waals surface area contributed by atoms with E-state index < -0.39 is 0 Å². The van der Waals surface area contributed by atoms with Crippen molar-refractivity contribution in [1.82, 2.24) is 0 Å². The van der Waals surface area contributed by atoms with Gasteiger partial charge in [0, 0.05) is 0 Å².